The molecule has 1 N–H and O–H groups in total. The highest BCUT2D eigenvalue weighted by Crippen LogP contribution is 2.16. The molecule has 0 amide bonds. The molecule has 1 aromatic heterocycles. The first-order chi connectivity index (χ1) is 8.90. The molecule has 0 unspecified atom stereocenters. The molecule has 0 atom stereocenters. The van der Waals surface area contributed by atoms with Gasteiger partial charge in [-0.3, -0.25) is 0 Å². The normalized spacial score (nSPS) is 17.5. The van der Waals surface area contributed by atoms with Crippen molar-refractivity contribution in [1.29, 1.82) is 0 Å². The summed E-state index contributed by atoms with van der Waals surface area (Å²) in [4.78, 5) is 14.0. The lowest BCUT2D eigenvalue weighted by atomic mass is 10.4. The minimum atomic E-state index is -3.14. The Morgan fingerprint density at radius 1 is 1.16 bits per heavy atom. The standard InChI is InChI=1S/C9H15ClN6O2S/c1-11-8-12-7(10)13-9(14-8)15-3-5-16(6-4-15)19(2,17)18/h3-6H2,1-2H3,(H,11,12,13,14). The molecule has 1 aliphatic heterocycles. The van der Waals surface area contributed by atoms with Crippen LogP contribution in [0.15, 0.2) is 0 Å². The van der Waals surface area contributed by atoms with Crippen molar-refractivity contribution in [3.8, 4) is 0 Å². The van der Waals surface area contributed by atoms with E-state index < -0.39 is 10.0 Å². The van der Waals surface area contributed by atoms with Gasteiger partial charge in [-0.25, -0.2) is 8.42 Å². The van der Waals surface area contributed by atoms with E-state index in [2.05, 4.69) is 20.3 Å². The Morgan fingerprint density at radius 3 is 2.32 bits per heavy atom. The van der Waals surface area contributed by atoms with Crippen molar-refractivity contribution in [3.63, 3.8) is 0 Å². The molecule has 0 radical (unpaired) electrons. The molecule has 0 saturated carbocycles. The van der Waals surface area contributed by atoms with E-state index in [0.717, 1.165) is 0 Å². The topological polar surface area (TPSA) is 91.3 Å². The number of nitrogens with zero attached hydrogens (tertiary/aromatic N) is 5. The number of piperazine rings is 1. The maximum atomic E-state index is 11.4. The first-order valence-corrected chi connectivity index (χ1v) is 7.92. The molecule has 1 aromatic rings. The van der Waals surface area contributed by atoms with Gasteiger partial charge in [0, 0.05) is 33.2 Å². The van der Waals surface area contributed by atoms with Gasteiger partial charge in [-0.15, -0.1) is 0 Å². The Morgan fingerprint density at radius 2 is 1.79 bits per heavy atom. The third kappa shape index (κ3) is 3.43. The minimum Gasteiger partial charge on any atom is -0.357 e. The van der Waals surface area contributed by atoms with Crippen LogP contribution in [0.4, 0.5) is 11.9 Å². The molecule has 19 heavy (non-hydrogen) atoms. The van der Waals surface area contributed by atoms with E-state index in [1.807, 2.05) is 4.90 Å². The van der Waals surface area contributed by atoms with Crippen molar-refractivity contribution < 1.29 is 8.42 Å². The zero-order valence-corrected chi connectivity index (χ0v) is 12.2. The fourth-order valence-corrected chi connectivity index (χ4v) is 2.79. The lowest BCUT2D eigenvalue weighted by Gasteiger charge is -2.33. The molecule has 0 aromatic carbocycles. The van der Waals surface area contributed by atoms with Crippen LogP contribution < -0.4 is 10.2 Å². The second-order valence-electron chi connectivity index (χ2n) is 4.13. The Labute approximate surface area is 116 Å². The van der Waals surface area contributed by atoms with Gasteiger partial charge in [0.2, 0.25) is 27.2 Å². The lowest BCUT2D eigenvalue weighted by molar-refractivity contribution is 0.385. The fraction of sp³-hybridized carbons (Fsp3) is 0.667. The van der Waals surface area contributed by atoms with E-state index >= 15 is 0 Å². The highest BCUT2D eigenvalue weighted by Gasteiger charge is 2.25. The van der Waals surface area contributed by atoms with Crippen molar-refractivity contribution >= 4 is 33.5 Å². The van der Waals surface area contributed by atoms with Gasteiger partial charge in [-0.1, -0.05) is 0 Å². The maximum Gasteiger partial charge on any atom is 0.231 e. The Kier molecular flexibility index (Phi) is 4.07. The van der Waals surface area contributed by atoms with Crippen LogP contribution in [0, 0.1) is 0 Å². The molecule has 1 fully saturated rings. The van der Waals surface area contributed by atoms with E-state index in [-0.39, 0.29) is 5.28 Å². The molecule has 0 spiro atoms. The van der Waals surface area contributed by atoms with Crippen LogP contribution in [0.3, 0.4) is 0 Å². The summed E-state index contributed by atoms with van der Waals surface area (Å²) < 4.78 is 24.3. The molecule has 1 saturated heterocycles. The van der Waals surface area contributed by atoms with Crippen LogP contribution in [-0.2, 0) is 10.0 Å². The summed E-state index contributed by atoms with van der Waals surface area (Å²) >= 11 is 5.81. The van der Waals surface area contributed by atoms with Gasteiger partial charge in [0.05, 0.1) is 6.26 Å². The van der Waals surface area contributed by atoms with Crippen molar-refractivity contribution in [2.24, 2.45) is 0 Å². The van der Waals surface area contributed by atoms with Gasteiger partial charge in [0.1, 0.15) is 0 Å². The van der Waals surface area contributed by atoms with Gasteiger partial charge in [0.25, 0.3) is 0 Å². The summed E-state index contributed by atoms with van der Waals surface area (Å²) in [5.41, 5.74) is 0. The average molecular weight is 307 g/mol. The molecule has 1 aliphatic rings. The van der Waals surface area contributed by atoms with Crippen LogP contribution in [0.2, 0.25) is 5.28 Å². The number of rotatable bonds is 3. The Hall–Kier alpha value is -1.19. The SMILES string of the molecule is CNc1nc(Cl)nc(N2CCN(S(C)(=O)=O)CC2)n1. The highest BCUT2D eigenvalue weighted by atomic mass is 35.5. The maximum absolute atomic E-state index is 11.4. The summed E-state index contributed by atoms with van der Waals surface area (Å²) in [6.07, 6.45) is 1.21. The van der Waals surface area contributed by atoms with Crippen LogP contribution in [0.25, 0.3) is 0 Å². The zero-order valence-electron chi connectivity index (χ0n) is 10.7. The molecule has 0 bridgehead atoms. The number of anilines is 2. The Bertz CT molecular complexity index is 558. The summed E-state index contributed by atoms with van der Waals surface area (Å²) in [6.45, 7) is 1.88. The highest BCUT2D eigenvalue weighted by molar-refractivity contribution is 7.88. The largest absolute Gasteiger partial charge is 0.357 e. The third-order valence-corrected chi connectivity index (χ3v) is 4.28. The molecule has 8 nitrogen and oxygen atoms in total. The molecular weight excluding hydrogens is 292 g/mol. The fourth-order valence-electron chi connectivity index (χ4n) is 1.81. The predicted molar refractivity (Wildman–Crippen MR) is 73.0 cm³/mol. The van der Waals surface area contributed by atoms with Gasteiger partial charge in [-0.2, -0.15) is 19.3 Å². The molecule has 106 valence electrons. The van der Waals surface area contributed by atoms with E-state index in [0.29, 0.717) is 38.1 Å². The van der Waals surface area contributed by atoms with Crippen molar-refractivity contribution in [2.45, 2.75) is 0 Å². The van der Waals surface area contributed by atoms with E-state index in [4.69, 9.17) is 11.6 Å². The number of nitrogens with one attached hydrogen (secondary N) is 1. The predicted octanol–water partition coefficient (Wildman–Crippen LogP) is -0.352. The smallest absolute Gasteiger partial charge is 0.231 e. The van der Waals surface area contributed by atoms with Crippen LogP contribution in [0.5, 0.6) is 0 Å². The van der Waals surface area contributed by atoms with Crippen LogP contribution in [-0.4, -0.2) is 67.2 Å². The van der Waals surface area contributed by atoms with Gasteiger partial charge in [0.15, 0.2) is 0 Å². The van der Waals surface area contributed by atoms with E-state index in [9.17, 15) is 8.42 Å². The van der Waals surface area contributed by atoms with Crippen molar-refractivity contribution in [1.82, 2.24) is 19.3 Å². The van der Waals surface area contributed by atoms with Gasteiger partial charge >= 0.3 is 0 Å². The molecular formula is C9H15ClN6O2S. The van der Waals surface area contributed by atoms with Crippen molar-refractivity contribution in [3.05, 3.63) is 5.28 Å². The second kappa shape index (κ2) is 5.43. The third-order valence-electron chi connectivity index (χ3n) is 2.81. The quantitative estimate of drug-likeness (QED) is 0.816. The van der Waals surface area contributed by atoms with Gasteiger partial charge < -0.3 is 10.2 Å². The van der Waals surface area contributed by atoms with Crippen LogP contribution >= 0.6 is 11.6 Å². The monoisotopic (exact) mass is 306 g/mol. The molecule has 2 rings (SSSR count). The molecule has 2 heterocycles. The van der Waals surface area contributed by atoms with E-state index in [1.54, 1.807) is 7.05 Å². The van der Waals surface area contributed by atoms with E-state index in [1.165, 1.54) is 10.6 Å². The minimum absolute atomic E-state index is 0.111. The number of halogens is 1. The summed E-state index contributed by atoms with van der Waals surface area (Å²) in [5.74, 6) is 0.845. The first-order valence-electron chi connectivity index (χ1n) is 5.69. The number of hydrogen-bond acceptors (Lipinski definition) is 7. The zero-order chi connectivity index (χ0) is 14.0. The molecule has 0 aliphatic carbocycles. The van der Waals surface area contributed by atoms with Crippen molar-refractivity contribution in [2.75, 3.05) is 49.7 Å². The van der Waals surface area contributed by atoms with Crippen LogP contribution in [0.1, 0.15) is 0 Å². The number of aromatic nitrogens is 3. The summed E-state index contributed by atoms with van der Waals surface area (Å²) in [6, 6.07) is 0. The number of sulfonamides is 1. The average Bonchev–Trinajstić information content (AvgIpc) is 2.37. The second-order valence-corrected chi connectivity index (χ2v) is 6.45. The van der Waals surface area contributed by atoms with Gasteiger partial charge in [-0.05, 0) is 11.6 Å². The lowest BCUT2D eigenvalue weighted by Crippen LogP contribution is -2.48. The number of hydrogen-bond donors (Lipinski definition) is 1. The first kappa shape index (κ1) is 14.2. The Balaban J connectivity index is 2.11. The summed E-state index contributed by atoms with van der Waals surface area (Å²) in [5, 5.41) is 2.91. The summed E-state index contributed by atoms with van der Waals surface area (Å²) in [7, 11) is -1.45. The molecule has 10 heteroatoms.